The highest BCUT2D eigenvalue weighted by molar-refractivity contribution is 4.91. The Hall–Kier alpha value is -0.0800. The van der Waals surface area contributed by atoms with Gasteiger partial charge in [0, 0.05) is 5.92 Å². The highest BCUT2D eigenvalue weighted by Gasteiger charge is 2.48. The summed E-state index contributed by atoms with van der Waals surface area (Å²) in [6.07, 6.45) is 4.63. The molecule has 0 spiro atoms. The maximum absolute atomic E-state index is 5.65. The third-order valence-corrected chi connectivity index (χ3v) is 3.15. The average molecular weight is 140 g/mol. The van der Waals surface area contributed by atoms with E-state index in [-0.39, 0.29) is 6.29 Å². The third kappa shape index (κ3) is 0.565. The second-order valence-corrected chi connectivity index (χ2v) is 3.70. The van der Waals surface area contributed by atoms with Crippen molar-refractivity contribution in [2.45, 2.75) is 31.7 Å². The molecule has 1 saturated carbocycles. The number of fused-ring (bicyclic) bond motifs is 1. The van der Waals surface area contributed by atoms with Gasteiger partial charge in [0.2, 0.25) is 0 Å². The minimum atomic E-state index is 0.192. The molecule has 0 amide bonds. The van der Waals surface area contributed by atoms with Crippen LogP contribution in [0, 0.1) is 11.8 Å². The molecule has 2 heteroatoms. The fraction of sp³-hybridized carbons (Fsp3) is 1.00. The van der Waals surface area contributed by atoms with E-state index in [4.69, 9.17) is 9.47 Å². The normalized spacial score (nSPS) is 57.6. The van der Waals surface area contributed by atoms with E-state index in [9.17, 15) is 0 Å². The standard InChI is InChI=1S/C8H12O2/c1-2-6-3-7-5(1)4-9-8(7)10-6/h5-8H,1-4H2/t5-,6?,7-,8-/m0/s1. The van der Waals surface area contributed by atoms with Crippen LogP contribution in [0.4, 0.5) is 0 Å². The Bertz CT molecular complexity index is 149. The summed E-state index contributed by atoms with van der Waals surface area (Å²) in [5, 5.41) is 0. The second kappa shape index (κ2) is 1.74. The first-order valence-corrected chi connectivity index (χ1v) is 4.20. The van der Waals surface area contributed by atoms with Crippen molar-refractivity contribution in [3.63, 3.8) is 0 Å². The lowest BCUT2D eigenvalue weighted by Crippen LogP contribution is -2.20. The van der Waals surface area contributed by atoms with Gasteiger partial charge >= 0.3 is 0 Å². The van der Waals surface area contributed by atoms with Crippen LogP contribution in [0.25, 0.3) is 0 Å². The molecule has 0 aromatic rings. The Morgan fingerprint density at radius 1 is 1.20 bits per heavy atom. The molecule has 2 heterocycles. The summed E-state index contributed by atoms with van der Waals surface area (Å²) in [4.78, 5) is 0. The molecular weight excluding hydrogens is 128 g/mol. The summed E-state index contributed by atoms with van der Waals surface area (Å²) in [5.74, 6) is 1.60. The fourth-order valence-corrected chi connectivity index (χ4v) is 2.56. The lowest BCUT2D eigenvalue weighted by Gasteiger charge is -2.21. The molecule has 1 unspecified atom stereocenters. The molecule has 0 aromatic heterocycles. The van der Waals surface area contributed by atoms with Crippen LogP contribution < -0.4 is 0 Å². The van der Waals surface area contributed by atoms with E-state index in [2.05, 4.69) is 0 Å². The van der Waals surface area contributed by atoms with Crippen molar-refractivity contribution < 1.29 is 9.47 Å². The van der Waals surface area contributed by atoms with Gasteiger partial charge in [0.15, 0.2) is 6.29 Å². The zero-order valence-electron chi connectivity index (χ0n) is 5.95. The number of hydrogen-bond donors (Lipinski definition) is 0. The molecule has 0 radical (unpaired) electrons. The van der Waals surface area contributed by atoms with Gasteiger partial charge in [-0.1, -0.05) is 0 Å². The van der Waals surface area contributed by atoms with Gasteiger partial charge in [-0.05, 0) is 25.2 Å². The molecule has 4 atom stereocenters. The van der Waals surface area contributed by atoms with Crippen molar-refractivity contribution in [2.24, 2.45) is 11.8 Å². The number of rotatable bonds is 0. The fourth-order valence-electron chi connectivity index (χ4n) is 2.56. The van der Waals surface area contributed by atoms with Crippen LogP contribution in [0.15, 0.2) is 0 Å². The molecule has 2 saturated heterocycles. The second-order valence-electron chi connectivity index (χ2n) is 3.70. The topological polar surface area (TPSA) is 18.5 Å². The molecule has 56 valence electrons. The van der Waals surface area contributed by atoms with Gasteiger partial charge < -0.3 is 9.47 Å². The monoisotopic (exact) mass is 140 g/mol. The Kier molecular flexibility index (Phi) is 0.968. The zero-order valence-corrected chi connectivity index (χ0v) is 5.95. The van der Waals surface area contributed by atoms with Gasteiger partial charge in [0.25, 0.3) is 0 Å². The first-order chi connectivity index (χ1) is 4.93. The molecule has 2 nitrogen and oxygen atoms in total. The van der Waals surface area contributed by atoms with Crippen LogP contribution in [0.3, 0.4) is 0 Å². The maximum Gasteiger partial charge on any atom is 0.161 e. The van der Waals surface area contributed by atoms with E-state index in [0.717, 1.165) is 18.4 Å². The first-order valence-electron chi connectivity index (χ1n) is 4.20. The predicted molar refractivity (Wildman–Crippen MR) is 35.4 cm³/mol. The molecule has 10 heavy (non-hydrogen) atoms. The summed E-state index contributed by atoms with van der Waals surface area (Å²) in [5.41, 5.74) is 0. The summed E-state index contributed by atoms with van der Waals surface area (Å²) in [7, 11) is 0. The van der Waals surface area contributed by atoms with Crippen LogP contribution in [0.1, 0.15) is 19.3 Å². The molecule has 2 bridgehead atoms. The Balaban J connectivity index is 1.94. The van der Waals surface area contributed by atoms with E-state index in [0.29, 0.717) is 6.10 Å². The Morgan fingerprint density at radius 2 is 2.20 bits per heavy atom. The molecule has 1 aliphatic carbocycles. The quantitative estimate of drug-likeness (QED) is 0.502. The molecule has 2 aliphatic heterocycles. The Labute approximate surface area is 60.5 Å². The Morgan fingerprint density at radius 3 is 3.20 bits per heavy atom. The average Bonchev–Trinajstić information content (AvgIpc) is 2.38. The van der Waals surface area contributed by atoms with Crippen molar-refractivity contribution in [3.05, 3.63) is 0 Å². The zero-order chi connectivity index (χ0) is 6.55. The lowest BCUT2D eigenvalue weighted by molar-refractivity contribution is -0.120. The van der Waals surface area contributed by atoms with E-state index in [1.807, 2.05) is 0 Å². The molecule has 3 fully saturated rings. The van der Waals surface area contributed by atoms with Gasteiger partial charge in [-0.3, -0.25) is 0 Å². The minimum absolute atomic E-state index is 0.192. The van der Waals surface area contributed by atoms with Gasteiger partial charge in [0.1, 0.15) is 0 Å². The molecule has 3 rings (SSSR count). The van der Waals surface area contributed by atoms with E-state index in [1.54, 1.807) is 0 Å². The van der Waals surface area contributed by atoms with E-state index in [1.165, 1.54) is 19.3 Å². The first kappa shape index (κ1) is 5.56. The van der Waals surface area contributed by atoms with Gasteiger partial charge in [0.05, 0.1) is 12.7 Å². The van der Waals surface area contributed by atoms with Crippen molar-refractivity contribution in [3.8, 4) is 0 Å². The molecule has 0 N–H and O–H groups in total. The number of ether oxygens (including phenoxy) is 2. The van der Waals surface area contributed by atoms with Crippen LogP contribution in [0.5, 0.6) is 0 Å². The van der Waals surface area contributed by atoms with Crippen LogP contribution in [0.2, 0.25) is 0 Å². The van der Waals surface area contributed by atoms with Crippen molar-refractivity contribution >= 4 is 0 Å². The van der Waals surface area contributed by atoms with Crippen molar-refractivity contribution in [2.75, 3.05) is 6.61 Å². The molecule has 0 aromatic carbocycles. The van der Waals surface area contributed by atoms with E-state index >= 15 is 0 Å². The van der Waals surface area contributed by atoms with Crippen LogP contribution in [-0.4, -0.2) is 19.0 Å². The minimum Gasteiger partial charge on any atom is -0.352 e. The summed E-state index contributed by atoms with van der Waals surface area (Å²) >= 11 is 0. The predicted octanol–water partition coefficient (Wildman–Crippen LogP) is 1.16. The van der Waals surface area contributed by atoms with Crippen molar-refractivity contribution in [1.82, 2.24) is 0 Å². The maximum atomic E-state index is 5.65. The largest absolute Gasteiger partial charge is 0.352 e. The van der Waals surface area contributed by atoms with Crippen LogP contribution >= 0.6 is 0 Å². The van der Waals surface area contributed by atoms with Gasteiger partial charge in [-0.15, -0.1) is 0 Å². The molecular formula is C8H12O2. The van der Waals surface area contributed by atoms with Crippen molar-refractivity contribution in [1.29, 1.82) is 0 Å². The summed E-state index contributed by atoms with van der Waals surface area (Å²) in [6, 6.07) is 0. The third-order valence-electron chi connectivity index (χ3n) is 3.15. The highest BCUT2D eigenvalue weighted by Crippen LogP contribution is 2.46. The van der Waals surface area contributed by atoms with Crippen LogP contribution in [-0.2, 0) is 9.47 Å². The number of hydrogen-bond acceptors (Lipinski definition) is 2. The summed E-state index contributed by atoms with van der Waals surface area (Å²) < 4.78 is 11.1. The summed E-state index contributed by atoms with van der Waals surface area (Å²) in [6.45, 7) is 0.960. The smallest absolute Gasteiger partial charge is 0.161 e. The SMILES string of the molecule is C1C[C@H]2CO[C@H]3OC1C[C@@H]23. The van der Waals surface area contributed by atoms with Gasteiger partial charge in [-0.25, -0.2) is 0 Å². The lowest BCUT2D eigenvalue weighted by atomic mass is 9.82. The van der Waals surface area contributed by atoms with E-state index < -0.39 is 0 Å². The van der Waals surface area contributed by atoms with Gasteiger partial charge in [-0.2, -0.15) is 0 Å². The molecule has 3 aliphatic rings. The highest BCUT2D eigenvalue weighted by atomic mass is 16.7.